The standard InChI is InChI=1S/C21H18F3N3O8/c22-21(23,24)13-4-2-12(3-5-13)20(30)25-10-19(29)35-11-18(28)26-14-8-16-17(9-15(14)27(31)32)34-7-1-6-33-16/h2-5,8-9H,1,6-7,10-11H2,(H,25,30)(H,26,28). The van der Waals surface area contributed by atoms with Crippen molar-refractivity contribution in [3.8, 4) is 11.5 Å². The van der Waals surface area contributed by atoms with Crippen LogP contribution in [0.25, 0.3) is 0 Å². The number of nitrogens with zero attached hydrogens (tertiary/aromatic N) is 1. The summed E-state index contributed by atoms with van der Waals surface area (Å²) < 4.78 is 53.3. The van der Waals surface area contributed by atoms with Gasteiger partial charge < -0.3 is 24.8 Å². The molecule has 35 heavy (non-hydrogen) atoms. The SMILES string of the molecule is O=C(COC(=O)CNC(=O)c1ccc(C(F)(F)F)cc1)Nc1cc2c(cc1[N+](=O)[O-])OCCCO2. The van der Waals surface area contributed by atoms with Crippen LogP contribution in [0.5, 0.6) is 11.5 Å². The number of nitro groups is 1. The van der Waals surface area contributed by atoms with Gasteiger partial charge in [-0.05, 0) is 24.3 Å². The molecule has 0 fully saturated rings. The van der Waals surface area contributed by atoms with Crippen LogP contribution in [0.4, 0.5) is 24.5 Å². The number of anilines is 1. The molecule has 1 aliphatic heterocycles. The van der Waals surface area contributed by atoms with Crippen LogP contribution in [0.1, 0.15) is 22.3 Å². The van der Waals surface area contributed by atoms with Gasteiger partial charge in [0.25, 0.3) is 17.5 Å². The van der Waals surface area contributed by atoms with E-state index in [1.165, 1.54) is 6.07 Å². The molecule has 0 radical (unpaired) electrons. The minimum absolute atomic E-state index is 0.120. The van der Waals surface area contributed by atoms with E-state index < -0.39 is 53.3 Å². The lowest BCUT2D eigenvalue weighted by atomic mass is 10.1. The number of esters is 1. The lowest BCUT2D eigenvalue weighted by Gasteiger charge is -2.11. The van der Waals surface area contributed by atoms with Crippen molar-refractivity contribution in [1.82, 2.24) is 5.32 Å². The van der Waals surface area contributed by atoms with Crippen LogP contribution >= 0.6 is 0 Å². The van der Waals surface area contributed by atoms with Crippen molar-refractivity contribution in [1.29, 1.82) is 0 Å². The van der Waals surface area contributed by atoms with Gasteiger partial charge in [-0.1, -0.05) is 0 Å². The molecular formula is C21H18F3N3O8. The highest BCUT2D eigenvalue weighted by atomic mass is 19.4. The van der Waals surface area contributed by atoms with Gasteiger partial charge >= 0.3 is 12.1 Å². The monoisotopic (exact) mass is 497 g/mol. The first-order chi connectivity index (χ1) is 16.5. The van der Waals surface area contributed by atoms with Crippen LogP contribution in [0.15, 0.2) is 36.4 Å². The first kappa shape index (κ1) is 25.3. The fraction of sp³-hybridized carbons (Fsp3) is 0.286. The maximum absolute atomic E-state index is 12.6. The molecule has 11 nitrogen and oxygen atoms in total. The zero-order valence-electron chi connectivity index (χ0n) is 17.8. The lowest BCUT2D eigenvalue weighted by Crippen LogP contribution is -2.32. The Bertz CT molecular complexity index is 1140. The number of alkyl halides is 3. The molecule has 0 atom stereocenters. The van der Waals surface area contributed by atoms with Crippen molar-refractivity contribution in [3.63, 3.8) is 0 Å². The molecule has 14 heteroatoms. The van der Waals surface area contributed by atoms with Crippen LogP contribution in [0.3, 0.4) is 0 Å². The molecule has 0 saturated heterocycles. The highest BCUT2D eigenvalue weighted by molar-refractivity contribution is 5.97. The van der Waals surface area contributed by atoms with Crippen molar-refractivity contribution in [2.24, 2.45) is 0 Å². The second kappa shape index (κ2) is 10.7. The predicted molar refractivity (Wildman–Crippen MR) is 112 cm³/mol. The number of nitro benzene ring substituents is 1. The Morgan fingerprint density at radius 2 is 1.69 bits per heavy atom. The third-order valence-corrected chi connectivity index (χ3v) is 4.57. The number of hydrogen-bond acceptors (Lipinski definition) is 8. The smallest absolute Gasteiger partial charge is 0.416 e. The third kappa shape index (κ3) is 6.82. The van der Waals surface area contributed by atoms with Crippen LogP contribution < -0.4 is 20.1 Å². The van der Waals surface area contributed by atoms with Gasteiger partial charge in [-0.25, -0.2) is 0 Å². The maximum atomic E-state index is 12.6. The second-order valence-corrected chi connectivity index (χ2v) is 7.09. The predicted octanol–water partition coefficient (Wildman–Crippen LogP) is 2.69. The van der Waals surface area contributed by atoms with E-state index in [9.17, 15) is 37.7 Å². The molecule has 0 aromatic heterocycles. The molecule has 2 amide bonds. The van der Waals surface area contributed by atoms with E-state index in [1.54, 1.807) is 0 Å². The average molecular weight is 497 g/mol. The molecule has 2 aromatic carbocycles. The molecule has 186 valence electrons. The summed E-state index contributed by atoms with van der Waals surface area (Å²) in [6.07, 6.45) is -3.99. The Kier molecular flexibility index (Phi) is 7.73. The first-order valence-corrected chi connectivity index (χ1v) is 10.0. The number of ether oxygens (including phenoxy) is 3. The lowest BCUT2D eigenvalue weighted by molar-refractivity contribution is -0.384. The van der Waals surface area contributed by atoms with Gasteiger partial charge in [0.1, 0.15) is 12.2 Å². The first-order valence-electron chi connectivity index (χ1n) is 10.0. The van der Waals surface area contributed by atoms with Gasteiger partial charge in [0.15, 0.2) is 18.1 Å². The molecule has 1 aliphatic rings. The Hall–Kier alpha value is -4.36. The summed E-state index contributed by atoms with van der Waals surface area (Å²) in [5, 5.41) is 15.8. The number of carbonyl (C=O) groups excluding carboxylic acids is 3. The van der Waals surface area contributed by atoms with Crippen molar-refractivity contribution >= 4 is 29.2 Å². The number of carbonyl (C=O) groups is 3. The fourth-order valence-electron chi connectivity index (χ4n) is 2.90. The number of nitrogens with one attached hydrogen (secondary N) is 2. The number of benzene rings is 2. The highest BCUT2D eigenvalue weighted by Crippen LogP contribution is 2.39. The molecule has 0 bridgehead atoms. The summed E-state index contributed by atoms with van der Waals surface area (Å²) in [5.41, 5.74) is -1.72. The van der Waals surface area contributed by atoms with Crippen molar-refractivity contribution < 1.29 is 46.7 Å². The summed E-state index contributed by atoms with van der Waals surface area (Å²) in [5.74, 6) is -2.39. The number of halogens is 3. The molecule has 3 rings (SSSR count). The Morgan fingerprint density at radius 3 is 2.29 bits per heavy atom. The normalized spacial score (nSPS) is 12.8. The minimum Gasteiger partial charge on any atom is -0.489 e. The molecule has 2 aromatic rings. The molecule has 1 heterocycles. The molecular weight excluding hydrogens is 479 g/mol. The van der Waals surface area contributed by atoms with E-state index in [2.05, 4.69) is 10.6 Å². The van der Waals surface area contributed by atoms with E-state index in [4.69, 9.17) is 14.2 Å². The van der Waals surface area contributed by atoms with Gasteiger partial charge in [-0.2, -0.15) is 13.2 Å². The van der Waals surface area contributed by atoms with Crippen LogP contribution in [-0.4, -0.2) is 49.1 Å². The van der Waals surface area contributed by atoms with E-state index in [0.717, 1.165) is 30.3 Å². The van der Waals surface area contributed by atoms with Crippen molar-refractivity contribution in [2.45, 2.75) is 12.6 Å². The summed E-state index contributed by atoms with van der Waals surface area (Å²) in [4.78, 5) is 46.5. The van der Waals surface area contributed by atoms with Gasteiger partial charge in [-0.15, -0.1) is 0 Å². The molecule has 0 unspecified atom stereocenters. The minimum atomic E-state index is -4.56. The number of rotatable bonds is 7. The number of fused-ring (bicyclic) bond motifs is 1. The van der Waals surface area contributed by atoms with Gasteiger partial charge in [0.05, 0.1) is 29.8 Å². The van der Waals surface area contributed by atoms with Gasteiger partial charge in [-0.3, -0.25) is 24.5 Å². The maximum Gasteiger partial charge on any atom is 0.416 e. The quantitative estimate of drug-likeness (QED) is 0.337. The van der Waals surface area contributed by atoms with E-state index >= 15 is 0 Å². The van der Waals surface area contributed by atoms with Gasteiger partial charge in [0, 0.05) is 18.1 Å². The number of amides is 2. The van der Waals surface area contributed by atoms with E-state index in [0.29, 0.717) is 19.6 Å². The summed E-state index contributed by atoms with van der Waals surface area (Å²) >= 11 is 0. The van der Waals surface area contributed by atoms with Crippen molar-refractivity contribution in [2.75, 3.05) is 31.7 Å². The number of hydrogen-bond donors (Lipinski definition) is 2. The molecule has 0 aliphatic carbocycles. The second-order valence-electron chi connectivity index (χ2n) is 7.09. The van der Waals surface area contributed by atoms with Crippen molar-refractivity contribution in [3.05, 3.63) is 57.6 Å². The molecule has 0 saturated carbocycles. The third-order valence-electron chi connectivity index (χ3n) is 4.57. The Morgan fingerprint density at radius 1 is 1.06 bits per heavy atom. The zero-order chi connectivity index (χ0) is 25.6. The van der Waals surface area contributed by atoms with Crippen LogP contribution in [0, 0.1) is 10.1 Å². The van der Waals surface area contributed by atoms with Gasteiger partial charge in [0.2, 0.25) is 0 Å². The van der Waals surface area contributed by atoms with Crippen LogP contribution in [-0.2, 0) is 20.5 Å². The molecule has 0 spiro atoms. The Balaban J connectivity index is 1.51. The molecule has 2 N–H and O–H groups in total. The topological polar surface area (TPSA) is 146 Å². The summed E-state index contributed by atoms with van der Waals surface area (Å²) in [6.45, 7) is -0.868. The highest BCUT2D eigenvalue weighted by Gasteiger charge is 2.30. The van der Waals surface area contributed by atoms with E-state index in [-0.39, 0.29) is 22.7 Å². The average Bonchev–Trinajstić information content (AvgIpc) is 3.05. The van der Waals surface area contributed by atoms with Crippen LogP contribution in [0.2, 0.25) is 0 Å². The zero-order valence-corrected chi connectivity index (χ0v) is 17.8. The summed E-state index contributed by atoms with van der Waals surface area (Å²) in [7, 11) is 0. The largest absolute Gasteiger partial charge is 0.489 e. The Labute approximate surface area is 195 Å². The fourth-order valence-corrected chi connectivity index (χ4v) is 2.90. The summed E-state index contributed by atoms with van der Waals surface area (Å²) in [6, 6.07) is 5.66. The van der Waals surface area contributed by atoms with E-state index in [1.807, 2.05) is 0 Å².